The van der Waals surface area contributed by atoms with Gasteiger partial charge < -0.3 is 5.11 Å². The van der Waals surface area contributed by atoms with Gasteiger partial charge in [-0.3, -0.25) is 0 Å². The number of hydrogen-bond donors (Lipinski definition) is 1. The van der Waals surface area contributed by atoms with Crippen molar-refractivity contribution in [2.45, 2.75) is 53.6 Å². The largest absolute Gasteiger partial charge is 0.393 e. The number of hydrogen-bond acceptors (Lipinski definition) is 1. The Labute approximate surface area is 70.8 Å². The molecule has 0 saturated heterocycles. The first-order valence-corrected chi connectivity index (χ1v) is 4.69. The van der Waals surface area contributed by atoms with Crippen LogP contribution in [-0.4, -0.2) is 11.2 Å². The zero-order chi connectivity index (χ0) is 9.07. The minimum atomic E-state index is -0.183. The molecule has 0 heterocycles. The second-order valence-electron chi connectivity index (χ2n) is 3.77. The molecule has 0 amide bonds. The van der Waals surface area contributed by atoms with Crippen LogP contribution in [0.25, 0.3) is 0 Å². The van der Waals surface area contributed by atoms with Crippen molar-refractivity contribution in [3.8, 4) is 0 Å². The van der Waals surface area contributed by atoms with E-state index in [1.165, 1.54) is 0 Å². The molecule has 0 spiro atoms. The third kappa shape index (κ3) is 1.96. The molecule has 0 aromatic heterocycles. The lowest BCUT2D eigenvalue weighted by atomic mass is 9.69. The molecule has 0 aromatic carbocycles. The number of aliphatic hydroxyl groups is 1. The first-order chi connectivity index (χ1) is 5.01. The van der Waals surface area contributed by atoms with E-state index < -0.39 is 0 Å². The molecule has 0 unspecified atom stereocenters. The highest BCUT2D eigenvalue weighted by Gasteiger charge is 2.34. The van der Waals surface area contributed by atoms with Crippen LogP contribution in [0.15, 0.2) is 0 Å². The van der Waals surface area contributed by atoms with Crippen LogP contribution in [0.4, 0.5) is 0 Å². The standard InChI is InChI=1S/C10H22O/c1-6-10(7-2,8(3)4)9(5)11/h8-9,11H,6-7H2,1-5H3/t9-/m0/s1. The Morgan fingerprint density at radius 1 is 1.09 bits per heavy atom. The van der Waals surface area contributed by atoms with E-state index in [1.807, 2.05) is 6.92 Å². The molecule has 0 aliphatic carbocycles. The van der Waals surface area contributed by atoms with Gasteiger partial charge in [0.1, 0.15) is 0 Å². The van der Waals surface area contributed by atoms with Crippen molar-refractivity contribution in [1.29, 1.82) is 0 Å². The predicted octanol–water partition coefficient (Wildman–Crippen LogP) is 2.83. The van der Waals surface area contributed by atoms with E-state index in [9.17, 15) is 5.11 Å². The summed E-state index contributed by atoms with van der Waals surface area (Å²) in [6.07, 6.45) is 1.95. The van der Waals surface area contributed by atoms with Gasteiger partial charge >= 0.3 is 0 Å². The summed E-state index contributed by atoms with van der Waals surface area (Å²) in [5.74, 6) is 0.567. The van der Waals surface area contributed by atoms with Gasteiger partial charge in [-0.25, -0.2) is 0 Å². The maximum Gasteiger partial charge on any atom is 0.0570 e. The Hall–Kier alpha value is -0.0400. The van der Waals surface area contributed by atoms with E-state index in [-0.39, 0.29) is 11.5 Å². The molecule has 1 heteroatoms. The maximum absolute atomic E-state index is 9.63. The average molecular weight is 158 g/mol. The average Bonchev–Trinajstić information content (AvgIpc) is 1.90. The molecule has 1 nitrogen and oxygen atoms in total. The highest BCUT2D eigenvalue weighted by molar-refractivity contribution is 4.84. The van der Waals surface area contributed by atoms with Gasteiger partial charge in [-0.1, -0.05) is 27.7 Å². The van der Waals surface area contributed by atoms with Crippen LogP contribution >= 0.6 is 0 Å². The van der Waals surface area contributed by atoms with E-state index in [4.69, 9.17) is 0 Å². The van der Waals surface area contributed by atoms with Crippen molar-refractivity contribution in [3.05, 3.63) is 0 Å². The van der Waals surface area contributed by atoms with Crippen molar-refractivity contribution in [2.24, 2.45) is 11.3 Å². The Morgan fingerprint density at radius 3 is 1.45 bits per heavy atom. The van der Waals surface area contributed by atoms with Gasteiger partial charge in [0.25, 0.3) is 0 Å². The van der Waals surface area contributed by atoms with Gasteiger partial charge in [-0.15, -0.1) is 0 Å². The van der Waals surface area contributed by atoms with Crippen molar-refractivity contribution < 1.29 is 5.11 Å². The van der Waals surface area contributed by atoms with E-state index in [1.54, 1.807) is 0 Å². The fraction of sp³-hybridized carbons (Fsp3) is 1.00. The molecule has 0 saturated carbocycles. The summed E-state index contributed by atoms with van der Waals surface area (Å²) in [5, 5.41) is 9.63. The second kappa shape index (κ2) is 4.10. The molecule has 1 atom stereocenters. The molecule has 0 bridgehead atoms. The van der Waals surface area contributed by atoms with Gasteiger partial charge in [0, 0.05) is 0 Å². The lowest BCUT2D eigenvalue weighted by Gasteiger charge is -2.38. The van der Waals surface area contributed by atoms with Crippen LogP contribution < -0.4 is 0 Å². The summed E-state index contributed by atoms with van der Waals surface area (Å²) in [6, 6.07) is 0. The summed E-state index contributed by atoms with van der Waals surface area (Å²) in [4.78, 5) is 0. The third-order valence-electron chi connectivity index (χ3n) is 3.30. The van der Waals surface area contributed by atoms with Crippen molar-refractivity contribution >= 4 is 0 Å². The van der Waals surface area contributed by atoms with E-state index in [0.29, 0.717) is 5.92 Å². The van der Waals surface area contributed by atoms with Gasteiger partial charge in [0.15, 0.2) is 0 Å². The van der Waals surface area contributed by atoms with Crippen molar-refractivity contribution in [3.63, 3.8) is 0 Å². The third-order valence-corrected chi connectivity index (χ3v) is 3.30. The molecular formula is C10H22O. The van der Waals surface area contributed by atoms with Crippen LogP contribution in [0.3, 0.4) is 0 Å². The highest BCUT2D eigenvalue weighted by Crippen LogP contribution is 2.38. The normalized spacial score (nSPS) is 15.5. The van der Waals surface area contributed by atoms with Gasteiger partial charge in [-0.05, 0) is 31.1 Å². The lowest BCUT2D eigenvalue weighted by molar-refractivity contribution is -0.00479. The van der Waals surface area contributed by atoms with Crippen LogP contribution in [0, 0.1) is 11.3 Å². The summed E-state index contributed by atoms with van der Waals surface area (Å²) in [5.41, 5.74) is 0.139. The van der Waals surface area contributed by atoms with Crippen LogP contribution in [0.5, 0.6) is 0 Å². The van der Waals surface area contributed by atoms with E-state index in [2.05, 4.69) is 27.7 Å². The van der Waals surface area contributed by atoms with E-state index >= 15 is 0 Å². The zero-order valence-electron chi connectivity index (χ0n) is 8.52. The first-order valence-electron chi connectivity index (χ1n) is 4.69. The Bertz CT molecular complexity index is 91.4. The monoisotopic (exact) mass is 158 g/mol. The van der Waals surface area contributed by atoms with E-state index in [0.717, 1.165) is 12.8 Å². The van der Waals surface area contributed by atoms with Crippen LogP contribution in [-0.2, 0) is 0 Å². The minimum Gasteiger partial charge on any atom is -0.393 e. The Balaban J connectivity index is 4.46. The smallest absolute Gasteiger partial charge is 0.0570 e. The molecule has 1 N–H and O–H groups in total. The van der Waals surface area contributed by atoms with Gasteiger partial charge in [0.2, 0.25) is 0 Å². The summed E-state index contributed by atoms with van der Waals surface area (Å²) >= 11 is 0. The zero-order valence-corrected chi connectivity index (χ0v) is 8.52. The maximum atomic E-state index is 9.63. The van der Waals surface area contributed by atoms with Crippen molar-refractivity contribution in [2.75, 3.05) is 0 Å². The summed E-state index contributed by atoms with van der Waals surface area (Å²) in [7, 11) is 0. The molecule has 0 aliphatic rings. The van der Waals surface area contributed by atoms with Gasteiger partial charge in [0.05, 0.1) is 6.10 Å². The molecular weight excluding hydrogens is 136 g/mol. The fourth-order valence-electron chi connectivity index (χ4n) is 2.14. The first kappa shape index (κ1) is 11.0. The Morgan fingerprint density at radius 2 is 1.45 bits per heavy atom. The van der Waals surface area contributed by atoms with Crippen LogP contribution in [0.1, 0.15) is 47.5 Å². The molecule has 0 rings (SSSR count). The number of rotatable bonds is 4. The fourth-order valence-corrected chi connectivity index (χ4v) is 2.14. The molecule has 0 radical (unpaired) electrons. The summed E-state index contributed by atoms with van der Waals surface area (Å²) < 4.78 is 0. The topological polar surface area (TPSA) is 20.2 Å². The number of aliphatic hydroxyl groups excluding tert-OH is 1. The van der Waals surface area contributed by atoms with Crippen LogP contribution in [0.2, 0.25) is 0 Å². The van der Waals surface area contributed by atoms with Gasteiger partial charge in [-0.2, -0.15) is 0 Å². The molecule has 0 fully saturated rings. The molecule has 0 aromatic rings. The SMILES string of the molecule is CCC(CC)(C(C)C)[C@H](C)O. The quantitative estimate of drug-likeness (QED) is 0.667. The Kier molecular flexibility index (Phi) is 4.09. The predicted molar refractivity (Wildman–Crippen MR) is 49.5 cm³/mol. The minimum absolute atomic E-state index is 0.139. The van der Waals surface area contributed by atoms with Crippen molar-refractivity contribution in [1.82, 2.24) is 0 Å². The molecule has 0 aliphatic heterocycles. The molecule has 11 heavy (non-hydrogen) atoms. The second-order valence-corrected chi connectivity index (χ2v) is 3.77. The highest BCUT2D eigenvalue weighted by atomic mass is 16.3. The molecule has 68 valence electrons. The lowest BCUT2D eigenvalue weighted by Crippen LogP contribution is -2.36. The summed E-state index contributed by atoms with van der Waals surface area (Å²) in [6.45, 7) is 10.6.